The topological polar surface area (TPSA) is 79.1 Å². The van der Waals surface area contributed by atoms with Crippen LogP contribution in [0.1, 0.15) is 11.3 Å². The zero-order chi connectivity index (χ0) is 14.8. The fourth-order valence-electron chi connectivity index (χ4n) is 2.24. The second-order valence-electron chi connectivity index (χ2n) is 4.86. The minimum Gasteiger partial charge on any atom is -0.482 e. The lowest BCUT2D eigenvalue weighted by atomic mass is 10.2. The first kappa shape index (κ1) is 13.1. The van der Waals surface area contributed by atoms with E-state index in [4.69, 9.17) is 10.00 Å². The molecule has 0 saturated carbocycles. The van der Waals surface area contributed by atoms with E-state index in [1.165, 1.54) is 0 Å². The maximum absolute atomic E-state index is 11.3. The molecule has 0 radical (unpaired) electrons. The number of anilines is 2. The standard InChI is InChI=1S/C15H14N4O2/c1-19-8-10(4-12(19)6-16)7-17-11-2-3-14-13(5-11)18-15(20)9-21-14/h2-5,8,17H,7,9H2,1H3,(H,18,20). The maximum atomic E-state index is 11.3. The summed E-state index contributed by atoms with van der Waals surface area (Å²) in [5, 5.41) is 15.0. The van der Waals surface area contributed by atoms with Crippen molar-refractivity contribution in [1.82, 2.24) is 4.57 Å². The molecule has 106 valence electrons. The van der Waals surface area contributed by atoms with Crippen LogP contribution in [0.5, 0.6) is 5.75 Å². The Morgan fingerprint density at radius 3 is 3.10 bits per heavy atom. The molecule has 0 spiro atoms. The lowest BCUT2D eigenvalue weighted by molar-refractivity contribution is -0.118. The van der Waals surface area contributed by atoms with E-state index in [9.17, 15) is 4.79 Å². The summed E-state index contributed by atoms with van der Waals surface area (Å²) in [6.07, 6.45) is 1.91. The highest BCUT2D eigenvalue weighted by Gasteiger charge is 2.15. The summed E-state index contributed by atoms with van der Waals surface area (Å²) < 4.78 is 7.10. The maximum Gasteiger partial charge on any atom is 0.262 e. The molecule has 2 aromatic rings. The molecule has 0 aliphatic carbocycles. The van der Waals surface area contributed by atoms with Gasteiger partial charge in [-0.3, -0.25) is 4.79 Å². The molecular formula is C15H14N4O2. The normalized spacial score (nSPS) is 12.9. The Morgan fingerprint density at radius 2 is 2.33 bits per heavy atom. The Morgan fingerprint density at radius 1 is 1.48 bits per heavy atom. The van der Waals surface area contributed by atoms with E-state index < -0.39 is 0 Å². The summed E-state index contributed by atoms with van der Waals surface area (Å²) >= 11 is 0. The first-order valence-corrected chi connectivity index (χ1v) is 6.51. The average molecular weight is 282 g/mol. The molecule has 0 saturated heterocycles. The smallest absolute Gasteiger partial charge is 0.262 e. The Bertz CT molecular complexity index is 743. The van der Waals surface area contributed by atoms with Gasteiger partial charge in [-0.25, -0.2) is 0 Å². The third-order valence-electron chi connectivity index (χ3n) is 3.29. The van der Waals surface area contributed by atoms with Crippen LogP contribution in [0.3, 0.4) is 0 Å². The number of amides is 1. The fourth-order valence-corrected chi connectivity index (χ4v) is 2.24. The molecule has 0 unspecified atom stereocenters. The second-order valence-corrected chi connectivity index (χ2v) is 4.86. The number of fused-ring (bicyclic) bond motifs is 1. The zero-order valence-corrected chi connectivity index (χ0v) is 11.5. The summed E-state index contributed by atoms with van der Waals surface area (Å²) in [5.74, 6) is 0.521. The SMILES string of the molecule is Cn1cc(CNc2ccc3c(c2)NC(=O)CO3)cc1C#N. The molecule has 0 fully saturated rings. The fraction of sp³-hybridized carbons (Fsp3) is 0.200. The van der Waals surface area contributed by atoms with Crippen molar-refractivity contribution in [3.05, 3.63) is 41.7 Å². The number of hydrogen-bond donors (Lipinski definition) is 2. The number of nitrogens with one attached hydrogen (secondary N) is 2. The van der Waals surface area contributed by atoms with Crippen LogP contribution in [0, 0.1) is 11.3 Å². The van der Waals surface area contributed by atoms with Gasteiger partial charge >= 0.3 is 0 Å². The van der Waals surface area contributed by atoms with Crippen molar-refractivity contribution in [2.45, 2.75) is 6.54 Å². The molecule has 6 heteroatoms. The quantitative estimate of drug-likeness (QED) is 0.900. The van der Waals surface area contributed by atoms with Crippen molar-refractivity contribution in [2.24, 2.45) is 7.05 Å². The molecule has 6 nitrogen and oxygen atoms in total. The van der Waals surface area contributed by atoms with Crippen molar-refractivity contribution < 1.29 is 9.53 Å². The first-order valence-electron chi connectivity index (χ1n) is 6.51. The van der Waals surface area contributed by atoms with Crippen molar-refractivity contribution in [1.29, 1.82) is 5.26 Å². The Hall–Kier alpha value is -2.94. The summed E-state index contributed by atoms with van der Waals surface area (Å²) in [7, 11) is 1.84. The zero-order valence-electron chi connectivity index (χ0n) is 11.5. The number of aryl methyl sites for hydroxylation is 1. The highest BCUT2D eigenvalue weighted by molar-refractivity contribution is 5.96. The molecule has 21 heavy (non-hydrogen) atoms. The highest BCUT2D eigenvalue weighted by Crippen LogP contribution is 2.30. The molecule has 1 aromatic carbocycles. The van der Waals surface area contributed by atoms with Gasteiger partial charge in [0.15, 0.2) is 6.61 Å². The van der Waals surface area contributed by atoms with Crippen LogP contribution in [0.4, 0.5) is 11.4 Å². The molecule has 0 bridgehead atoms. The van der Waals surface area contributed by atoms with Crippen LogP contribution < -0.4 is 15.4 Å². The number of benzene rings is 1. The number of nitriles is 1. The number of nitrogens with zero attached hydrogens (tertiary/aromatic N) is 2. The predicted octanol–water partition coefficient (Wildman–Crippen LogP) is 1.84. The lowest BCUT2D eigenvalue weighted by Gasteiger charge is -2.18. The van der Waals surface area contributed by atoms with E-state index in [0.29, 0.717) is 23.7 Å². The monoisotopic (exact) mass is 282 g/mol. The summed E-state index contributed by atoms with van der Waals surface area (Å²) in [4.78, 5) is 11.3. The van der Waals surface area contributed by atoms with Crippen LogP contribution in [-0.2, 0) is 18.4 Å². The van der Waals surface area contributed by atoms with Gasteiger partial charge in [0.1, 0.15) is 17.5 Å². The van der Waals surface area contributed by atoms with Crippen LogP contribution in [0.25, 0.3) is 0 Å². The molecule has 3 rings (SSSR count). The highest BCUT2D eigenvalue weighted by atomic mass is 16.5. The van der Waals surface area contributed by atoms with Crippen LogP contribution in [0.15, 0.2) is 30.5 Å². The molecule has 1 aliphatic rings. The van der Waals surface area contributed by atoms with Crippen LogP contribution >= 0.6 is 0 Å². The molecule has 1 aliphatic heterocycles. The van der Waals surface area contributed by atoms with E-state index >= 15 is 0 Å². The van der Waals surface area contributed by atoms with E-state index in [-0.39, 0.29) is 12.5 Å². The third kappa shape index (κ3) is 2.67. The van der Waals surface area contributed by atoms with E-state index in [1.807, 2.05) is 37.5 Å². The average Bonchev–Trinajstić information content (AvgIpc) is 2.85. The van der Waals surface area contributed by atoms with Crippen molar-refractivity contribution in [3.63, 3.8) is 0 Å². The lowest BCUT2D eigenvalue weighted by Crippen LogP contribution is -2.25. The molecular weight excluding hydrogens is 268 g/mol. The van der Waals surface area contributed by atoms with Gasteiger partial charge in [-0.1, -0.05) is 0 Å². The Labute approximate surface area is 121 Å². The number of aromatic nitrogens is 1. The minimum absolute atomic E-state index is 0.0563. The molecule has 0 atom stereocenters. The largest absolute Gasteiger partial charge is 0.482 e. The number of hydrogen-bond acceptors (Lipinski definition) is 4. The van der Waals surface area contributed by atoms with Gasteiger partial charge in [-0.2, -0.15) is 5.26 Å². The minimum atomic E-state index is -0.152. The van der Waals surface area contributed by atoms with E-state index in [1.54, 1.807) is 4.57 Å². The van der Waals surface area contributed by atoms with Gasteiger partial charge in [0.2, 0.25) is 0 Å². The second kappa shape index (κ2) is 5.21. The van der Waals surface area contributed by atoms with Gasteiger partial charge in [-0.15, -0.1) is 0 Å². The van der Waals surface area contributed by atoms with E-state index in [0.717, 1.165) is 11.3 Å². The summed E-state index contributed by atoms with van der Waals surface area (Å²) in [5.41, 5.74) is 3.19. The molecule has 1 aromatic heterocycles. The third-order valence-corrected chi connectivity index (χ3v) is 3.29. The van der Waals surface area contributed by atoms with Crippen molar-refractivity contribution in [3.8, 4) is 11.8 Å². The number of ether oxygens (including phenoxy) is 1. The Balaban J connectivity index is 1.72. The van der Waals surface area contributed by atoms with Gasteiger partial charge in [0, 0.05) is 25.5 Å². The van der Waals surface area contributed by atoms with Gasteiger partial charge in [0.05, 0.1) is 5.69 Å². The van der Waals surface area contributed by atoms with Crippen molar-refractivity contribution >= 4 is 17.3 Å². The Kier molecular flexibility index (Phi) is 3.24. The van der Waals surface area contributed by atoms with Gasteiger partial charge in [-0.05, 0) is 29.8 Å². The predicted molar refractivity (Wildman–Crippen MR) is 78.0 cm³/mol. The van der Waals surface area contributed by atoms with Crippen LogP contribution in [-0.4, -0.2) is 17.1 Å². The van der Waals surface area contributed by atoms with Crippen LogP contribution in [0.2, 0.25) is 0 Å². The van der Waals surface area contributed by atoms with Gasteiger partial charge in [0.25, 0.3) is 5.91 Å². The molecule has 2 heterocycles. The van der Waals surface area contributed by atoms with Gasteiger partial charge < -0.3 is 19.9 Å². The molecule has 1 amide bonds. The molecule has 2 N–H and O–H groups in total. The first-order chi connectivity index (χ1) is 10.2. The number of rotatable bonds is 3. The van der Waals surface area contributed by atoms with E-state index in [2.05, 4.69) is 16.7 Å². The summed E-state index contributed by atoms with van der Waals surface area (Å²) in [6, 6.07) is 9.52. The van der Waals surface area contributed by atoms with Crippen molar-refractivity contribution in [2.75, 3.05) is 17.2 Å². The number of carbonyl (C=O) groups excluding carboxylic acids is 1. The number of carbonyl (C=O) groups is 1. The summed E-state index contributed by atoms with van der Waals surface area (Å²) in [6.45, 7) is 0.657.